The third-order valence-electron chi connectivity index (χ3n) is 3.54. The molecule has 0 bridgehead atoms. The number of aliphatic imine (C=N–C) groups is 1. The van der Waals surface area contributed by atoms with Crippen LogP contribution in [0, 0.1) is 5.41 Å². The molecule has 1 aromatic heterocycles. The van der Waals surface area contributed by atoms with Gasteiger partial charge in [0, 0.05) is 25.7 Å². The third kappa shape index (κ3) is 4.27. The lowest BCUT2D eigenvalue weighted by Gasteiger charge is -2.27. The van der Waals surface area contributed by atoms with E-state index in [9.17, 15) is 0 Å². The van der Waals surface area contributed by atoms with Crippen LogP contribution in [0.2, 0.25) is 0 Å². The first-order valence-electron chi connectivity index (χ1n) is 7.84. The van der Waals surface area contributed by atoms with E-state index in [1.807, 2.05) is 35.2 Å². The van der Waals surface area contributed by atoms with E-state index in [0.717, 1.165) is 12.0 Å². The van der Waals surface area contributed by atoms with Crippen molar-refractivity contribution in [3.05, 3.63) is 30.3 Å². The predicted octanol–water partition coefficient (Wildman–Crippen LogP) is 1.40. The van der Waals surface area contributed by atoms with Crippen LogP contribution in [0.3, 0.4) is 0 Å². The number of ether oxygens (including phenoxy) is 2. The van der Waals surface area contributed by atoms with Crippen molar-refractivity contribution in [1.82, 2.24) is 15.0 Å². The van der Waals surface area contributed by atoms with Gasteiger partial charge in [-0.2, -0.15) is 15.0 Å². The SMILES string of the molecule is CN=C(Nc1nc(-c2ccccc2)nc(N2CCOCC2)n1)OC=N. The summed E-state index contributed by atoms with van der Waals surface area (Å²) < 4.78 is 10.4. The topological polar surface area (TPSA) is 109 Å². The van der Waals surface area contributed by atoms with Crippen molar-refractivity contribution in [2.45, 2.75) is 0 Å². The van der Waals surface area contributed by atoms with Crippen molar-refractivity contribution in [2.24, 2.45) is 4.99 Å². The molecule has 9 heteroatoms. The smallest absolute Gasteiger partial charge is 0.297 e. The number of amidine groups is 1. The summed E-state index contributed by atoms with van der Waals surface area (Å²) in [4.78, 5) is 19.4. The second-order valence-electron chi connectivity index (χ2n) is 5.14. The highest BCUT2D eigenvalue weighted by Crippen LogP contribution is 2.20. The summed E-state index contributed by atoms with van der Waals surface area (Å²) in [5.41, 5.74) is 0.880. The van der Waals surface area contributed by atoms with E-state index in [1.54, 1.807) is 7.05 Å². The van der Waals surface area contributed by atoms with Crippen LogP contribution in [0.15, 0.2) is 35.3 Å². The molecule has 1 saturated heterocycles. The minimum absolute atomic E-state index is 0.133. The van der Waals surface area contributed by atoms with Gasteiger partial charge in [-0.05, 0) is 0 Å². The molecule has 2 N–H and O–H groups in total. The highest BCUT2D eigenvalue weighted by Gasteiger charge is 2.18. The Morgan fingerprint density at radius 1 is 1.24 bits per heavy atom. The minimum Gasteiger partial charge on any atom is -0.414 e. The molecule has 0 amide bonds. The maximum absolute atomic E-state index is 7.04. The summed E-state index contributed by atoms with van der Waals surface area (Å²) in [6.45, 7) is 2.69. The molecule has 1 aromatic carbocycles. The van der Waals surface area contributed by atoms with E-state index in [-0.39, 0.29) is 6.02 Å². The van der Waals surface area contributed by atoms with Crippen LogP contribution in [0.1, 0.15) is 0 Å². The summed E-state index contributed by atoms with van der Waals surface area (Å²) in [5.74, 6) is 1.41. The van der Waals surface area contributed by atoms with Gasteiger partial charge in [0.1, 0.15) is 0 Å². The molecule has 0 unspecified atom stereocenters. The number of hydrogen-bond donors (Lipinski definition) is 2. The molecule has 2 aromatic rings. The van der Waals surface area contributed by atoms with Crippen molar-refractivity contribution in [1.29, 1.82) is 5.41 Å². The average Bonchev–Trinajstić information content (AvgIpc) is 2.69. The fraction of sp³-hybridized carbons (Fsp3) is 0.312. The van der Waals surface area contributed by atoms with Crippen LogP contribution in [-0.4, -0.2) is 60.7 Å². The molecule has 0 spiro atoms. The Balaban J connectivity index is 1.97. The number of rotatable bonds is 4. The lowest BCUT2D eigenvalue weighted by Crippen LogP contribution is -2.37. The van der Waals surface area contributed by atoms with Crippen molar-refractivity contribution >= 4 is 24.3 Å². The predicted molar refractivity (Wildman–Crippen MR) is 95.1 cm³/mol. The highest BCUT2D eigenvalue weighted by molar-refractivity contribution is 5.91. The van der Waals surface area contributed by atoms with Gasteiger partial charge in [-0.25, -0.2) is 4.99 Å². The van der Waals surface area contributed by atoms with E-state index in [0.29, 0.717) is 44.0 Å². The molecule has 1 aliphatic rings. The zero-order valence-electron chi connectivity index (χ0n) is 13.8. The van der Waals surface area contributed by atoms with Crippen LogP contribution < -0.4 is 10.2 Å². The maximum atomic E-state index is 7.04. The summed E-state index contributed by atoms with van der Waals surface area (Å²) in [6, 6.07) is 9.80. The van der Waals surface area contributed by atoms with Crippen LogP contribution >= 0.6 is 0 Å². The number of hydrogen-bond acceptors (Lipinski definition) is 8. The van der Waals surface area contributed by atoms with Crippen LogP contribution in [0.5, 0.6) is 0 Å². The van der Waals surface area contributed by atoms with Gasteiger partial charge in [0.25, 0.3) is 6.02 Å². The Labute approximate surface area is 145 Å². The van der Waals surface area contributed by atoms with E-state index < -0.39 is 0 Å². The zero-order chi connectivity index (χ0) is 17.5. The first-order valence-corrected chi connectivity index (χ1v) is 7.84. The lowest BCUT2D eigenvalue weighted by atomic mass is 10.2. The normalized spacial score (nSPS) is 14.9. The minimum atomic E-state index is 0.133. The van der Waals surface area contributed by atoms with Gasteiger partial charge in [0.2, 0.25) is 11.9 Å². The number of anilines is 2. The largest absolute Gasteiger partial charge is 0.414 e. The number of benzene rings is 1. The number of aromatic nitrogens is 3. The Hall–Kier alpha value is -3.07. The molecule has 3 rings (SSSR count). The van der Waals surface area contributed by atoms with E-state index in [1.165, 1.54) is 0 Å². The number of nitrogens with one attached hydrogen (secondary N) is 2. The molecular formula is C16H19N7O2. The molecule has 0 radical (unpaired) electrons. The molecule has 9 nitrogen and oxygen atoms in total. The van der Waals surface area contributed by atoms with Crippen molar-refractivity contribution in [2.75, 3.05) is 43.6 Å². The van der Waals surface area contributed by atoms with Crippen LogP contribution in [0.25, 0.3) is 11.4 Å². The molecule has 0 aliphatic carbocycles. The third-order valence-corrected chi connectivity index (χ3v) is 3.54. The monoisotopic (exact) mass is 341 g/mol. The van der Waals surface area contributed by atoms with Gasteiger partial charge in [0.05, 0.1) is 13.2 Å². The van der Waals surface area contributed by atoms with Gasteiger partial charge < -0.3 is 14.4 Å². The average molecular weight is 341 g/mol. The fourth-order valence-corrected chi connectivity index (χ4v) is 2.33. The Kier molecular flexibility index (Phi) is 5.47. The zero-order valence-corrected chi connectivity index (χ0v) is 13.8. The van der Waals surface area contributed by atoms with Gasteiger partial charge in [-0.3, -0.25) is 10.7 Å². The van der Waals surface area contributed by atoms with E-state index in [4.69, 9.17) is 14.9 Å². The number of morpholine rings is 1. The van der Waals surface area contributed by atoms with Crippen LogP contribution in [-0.2, 0) is 9.47 Å². The van der Waals surface area contributed by atoms with E-state index >= 15 is 0 Å². The summed E-state index contributed by atoms with van der Waals surface area (Å²) in [7, 11) is 1.55. The molecule has 2 heterocycles. The molecular weight excluding hydrogens is 322 g/mol. The summed E-state index contributed by atoms with van der Waals surface area (Å²) >= 11 is 0. The first kappa shape index (κ1) is 16.8. The van der Waals surface area contributed by atoms with Gasteiger partial charge in [0.15, 0.2) is 12.2 Å². The first-order chi connectivity index (χ1) is 12.3. The molecule has 1 fully saturated rings. The lowest BCUT2D eigenvalue weighted by molar-refractivity contribution is 0.122. The molecule has 25 heavy (non-hydrogen) atoms. The standard InChI is InChI=1S/C16H19N7O2/c1-18-16(25-11-17)22-14-19-13(12-5-3-2-4-6-12)20-15(21-14)23-7-9-24-10-8-23/h2-6,11,17H,7-10H2,1H3,(H,18,19,20,21,22). The molecule has 0 atom stereocenters. The molecule has 1 aliphatic heterocycles. The highest BCUT2D eigenvalue weighted by atomic mass is 16.5. The van der Waals surface area contributed by atoms with Crippen LogP contribution in [0.4, 0.5) is 11.9 Å². The van der Waals surface area contributed by atoms with Gasteiger partial charge in [-0.15, -0.1) is 0 Å². The maximum Gasteiger partial charge on any atom is 0.297 e. The Bertz CT molecular complexity index is 745. The second kappa shape index (κ2) is 8.15. The number of nitrogens with zero attached hydrogens (tertiary/aromatic N) is 5. The van der Waals surface area contributed by atoms with Gasteiger partial charge >= 0.3 is 0 Å². The van der Waals surface area contributed by atoms with Crippen molar-refractivity contribution in [3.8, 4) is 11.4 Å². The second-order valence-corrected chi connectivity index (χ2v) is 5.14. The Morgan fingerprint density at radius 2 is 2.00 bits per heavy atom. The molecule has 130 valence electrons. The Morgan fingerprint density at radius 3 is 2.68 bits per heavy atom. The fourth-order valence-electron chi connectivity index (χ4n) is 2.33. The van der Waals surface area contributed by atoms with Crippen molar-refractivity contribution < 1.29 is 9.47 Å². The summed E-state index contributed by atoms with van der Waals surface area (Å²) in [6.07, 6.45) is 0.789. The quantitative estimate of drug-likeness (QED) is 0.639. The van der Waals surface area contributed by atoms with Gasteiger partial charge in [-0.1, -0.05) is 30.3 Å². The molecule has 0 saturated carbocycles. The van der Waals surface area contributed by atoms with E-state index in [2.05, 4.69) is 25.3 Å². The van der Waals surface area contributed by atoms with Crippen molar-refractivity contribution in [3.63, 3.8) is 0 Å². The summed E-state index contributed by atoms with van der Waals surface area (Å²) in [5, 5.41) is 9.91.